The third-order valence-corrected chi connectivity index (χ3v) is 4.21. The van der Waals surface area contributed by atoms with Gasteiger partial charge in [-0.15, -0.1) is 10.2 Å². The van der Waals surface area contributed by atoms with E-state index in [4.69, 9.17) is 4.42 Å². The average Bonchev–Trinajstić information content (AvgIpc) is 3.31. The predicted molar refractivity (Wildman–Crippen MR) is 90.0 cm³/mol. The minimum Gasteiger partial charge on any atom is -0.423 e. The molecule has 0 aliphatic heterocycles. The van der Waals surface area contributed by atoms with Gasteiger partial charge in [-0.3, -0.25) is 5.10 Å². The standard InChI is InChI=1S/C18H8F3N5O/c19-11-3-8-1-2-14(23-15(8)5-9(11)18-26-22-7-27-18)17-10-4-12(20)13(21)6-16(10)24-25-17/h1-7H,(H,24,25). The molecule has 132 valence electrons. The monoisotopic (exact) mass is 367 g/mol. The Morgan fingerprint density at radius 2 is 1.78 bits per heavy atom. The van der Waals surface area contributed by atoms with Gasteiger partial charge in [-0.1, -0.05) is 6.07 Å². The second-order valence-corrected chi connectivity index (χ2v) is 5.85. The lowest BCUT2D eigenvalue weighted by molar-refractivity contribution is 0.511. The summed E-state index contributed by atoms with van der Waals surface area (Å²) in [6.45, 7) is 0. The van der Waals surface area contributed by atoms with E-state index < -0.39 is 17.5 Å². The summed E-state index contributed by atoms with van der Waals surface area (Å²) >= 11 is 0. The number of H-pyrrole nitrogens is 1. The van der Waals surface area contributed by atoms with Gasteiger partial charge in [0, 0.05) is 16.8 Å². The zero-order valence-corrected chi connectivity index (χ0v) is 13.4. The Bertz CT molecular complexity index is 1310. The summed E-state index contributed by atoms with van der Waals surface area (Å²) in [5, 5.41) is 15.0. The van der Waals surface area contributed by atoms with Crippen molar-refractivity contribution < 1.29 is 17.6 Å². The van der Waals surface area contributed by atoms with Crippen molar-refractivity contribution in [1.82, 2.24) is 25.4 Å². The smallest absolute Gasteiger partial charge is 0.250 e. The van der Waals surface area contributed by atoms with Crippen molar-refractivity contribution in [1.29, 1.82) is 0 Å². The Labute approximate surface area is 148 Å². The van der Waals surface area contributed by atoms with Gasteiger partial charge in [0.25, 0.3) is 0 Å². The van der Waals surface area contributed by atoms with Crippen LogP contribution in [0.15, 0.2) is 47.2 Å². The predicted octanol–water partition coefficient (Wildman–Crippen LogP) is 4.25. The van der Waals surface area contributed by atoms with Crippen LogP contribution in [0.2, 0.25) is 0 Å². The second-order valence-electron chi connectivity index (χ2n) is 5.85. The first kappa shape index (κ1) is 15.5. The van der Waals surface area contributed by atoms with Crippen LogP contribution in [0.5, 0.6) is 0 Å². The zero-order chi connectivity index (χ0) is 18.5. The number of nitrogens with one attached hydrogen (secondary N) is 1. The van der Waals surface area contributed by atoms with E-state index in [1.807, 2.05) is 0 Å². The Kier molecular flexibility index (Phi) is 3.23. The number of aromatic amines is 1. The zero-order valence-electron chi connectivity index (χ0n) is 13.4. The average molecular weight is 367 g/mol. The van der Waals surface area contributed by atoms with Gasteiger partial charge in [-0.25, -0.2) is 18.2 Å². The molecule has 0 amide bonds. The molecule has 0 saturated heterocycles. The van der Waals surface area contributed by atoms with Crippen LogP contribution in [0.4, 0.5) is 13.2 Å². The molecule has 0 unspecified atom stereocenters. The van der Waals surface area contributed by atoms with Crippen molar-refractivity contribution in [2.45, 2.75) is 0 Å². The van der Waals surface area contributed by atoms with Gasteiger partial charge >= 0.3 is 0 Å². The molecule has 5 rings (SSSR count). The highest BCUT2D eigenvalue weighted by molar-refractivity contribution is 5.94. The number of benzene rings is 2. The molecule has 3 aromatic heterocycles. The molecule has 5 aromatic rings. The number of aromatic nitrogens is 5. The Morgan fingerprint density at radius 1 is 0.926 bits per heavy atom. The maximum atomic E-state index is 14.3. The van der Waals surface area contributed by atoms with Crippen molar-refractivity contribution in [2.24, 2.45) is 0 Å². The molecule has 0 spiro atoms. The molecule has 0 aliphatic carbocycles. The second kappa shape index (κ2) is 5.63. The lowest BCUT2D eigenvalue weighted by Crippen LogP contribution is -1.91. The van der Waals surface area contributed by atoms with E-state index in [0.29, 0.717) is 33.2 Å². The highest BCUT2D eigenvalue weighted by atomic mass is 19.2. The van der Waals surface area contributed by atoms with Crippen molar-refractivity contribution in [2.75, 3.05) is 0 Å². The molecule has 0 atom stereocenters. The molecule has 3 heterocycles. The van der Waals surface area contributed by atoms with Crippen LogP contribution in [0.1, 0.15) is 0 Å². The van der Waals surface area contributed by atoms with Crippen LogP contribution in [-0.2, 0) is 0 Å². The van der Waals surface area contributed by atoms with Gasteiger partial charge in [0.1, 0.15) is 11.5 Å². The third kappa shape index (κ3) is 2.43. The fourth-order valence-electron chi connectivity index (χ4n) is 2.94. The molecule has 1 N–H and O–H groups in total. The quantitative estimate of drug-likeness (QED) is 0.505. The topological polar surface area (TPSA) is 80.5 Å². The van der Waals surface area contributed by atoms with Crippen molar-refractivity contribution in [3.05, 3.63) is 60.2 Å². The summed E-state index contributed by atoms with van der Waals surface area (Å²) in [4.78, 5) is 4.48. The van der Waals surface area contributed by atoms with Crippen molar-refractivity contribution in [3.63, 3.8) is 0 Å². The minimum absolute atomic E-state index is 0.0318. The number of halogens is 3. The molecule has 27 heavy (non-hydrogen) atoms. The fraction of sp³-hybridized carbons (Fsp3) is 0. The largest absolute Gasteiger partial charge is 0.423 e. The SMILES string of the molecule is Fc1cc2[nH]nc(-c3ccc4cc(F)c(-c5nnco5)cc4n3)c2cc1F. The summed E-state index contributed by atoms with van der Waals surface area (Å²) in [5.74, 6) is -2.44. The first-order valence-electron chi connectivity index (χ1n) is 7.80. The van der Waals surface area contributed by atoms with Crippen LogP contribution in [0.25, 0.3) is 44.6 Å². The molecule has 2 aromatic carbocycles. The van der Waals surface area contributed by atoms with Gasteiger partial charge in [0.05, 0.1) is 22.3 Å². The molecular formula is C18H8F3N5O. The molecule has 0 radical (unpaired) electrons. The summed E-state index contributed by atoms with van der Waals surface area (Å²) in [6.07, 6.45) is 1.10. The van der Waals surface area contributed by atoms with E-state index >= 15 is 0 Å². The number of nitrogens with zero attached hydrogens (tertiary/aromatic N) is 4. The number of hydrogen-bond donors (Lipinski definition) is 1. The van der Waals surface area contributed by atoms with E-state index in [1.165, 1.54) is 12.1 Å². The maximum absolute atomic E-state index is 14.3. The lowest BCUT2D eigenvalue weighted by Gasteiger charge is -2.04. The Balaban J connectivity index is 1.71. The van der Waals surface area contributed by atoms with Gasteiger partial charge in [0.15, 0.2) is 11.6 Å². The number of fused-ring (bicyclic) bond motifs is 2. The van der Waals surface area contributed by atoms with E-state index in [9.17, 15) is 13.2 Å². The molecule has 6 nitrogen and oxygen atoms in total. The van der Waals surface area contributed by atoms with Gasteiger partial charge < -0.3 is 4.42 Å². The number of hydrogen-bond acceptors (Lipinski definition) is 5. The highest BCUT2D eigenvalue weighted by Gasteiger charge is 2.16. The van der Waals surface area contributed by atoms with Crippen LogP contribution in [0, 0.1) is 17.5 Å². The van der Waals surface area contributed by atoms with Crippen LogP contribution >= 0.6 is 0 Å². The van der Waals surface area contributed by atoms with E-state index in [0.717, 1.165) is 18.5 Å². The van der Waals surface area contributed by atoms with E-state index in [2.05, 4.69) is 25.4 Å². The van der Waals surface area contributed by atoms with Crippen molar-refractivity contribution >= 4 is 21.8 Å². The summed E-state index contributed by atoms with van der Waals surface area (Å²) < 4.78 is 46.4. The molecule has 9 heteroatoms. The molecule has 0 bridgehead atoms. The highest BCUT2D eigenvalue weighted by Crippen LogP contribution is 2.30. The molecular weight excluding hydrogens is 359 g/mol. The molecule has 0 saturated carbocycles. The number of rotatable bonds is 2. The molecule has 0 fully saturated rings. The summed E-state index contributed by atoms with van der Waals surface area (Å²) in [6, 6.07) is 8.18. The van der Waals surface area contributed by atoms with Gasteiger partial charge in [0.2, 0.25) is 12.3 Å². The first-order chi connectivity index (χ1) is 13.1. The van der Waals surface area contributed by atoms with Crippen LogP contribution in [0.3, 0.4) is 0 Å². The van der Waals surface area contributed by atoms with Crippen LogP contribution in [-0.4, -0.2) is 25.4 Å². The number of pyridine rings is 1. The van der Waals surface area contributed by atoms with Crippen molar-refractivity contribution in [3.8, 4) is 22.8 Å². The lowest BCUT2D eigenvalue weighted by atomic mass is 10.1. The van der Waals surface area contributed by atoms with Gasteiger partial charge in [-0.05, 0) is 24.3 Å². The maximum Gasteiger partial charge on any atom is 0.250 e. The Morgan fingerprint density at radius 3 is 2.59 bits per heavy atom. The fourth-order valence-corrected chi connectivity index (χ4v) is 2.94. The van der Waals surface area contributed by atoms with E-state index in [-0.39, 0.29) is 11.5 Å². The molecule has 0 aliphatic rings. The summed E-state index contributed by atoms with van der Waals surface area (Å²) in [5.41, 5.74) is 1.69. The minimum atomic E-state index is -0.980. The third-order valence-electron chi connectivity index (χ3n) is 4.21. The van der Waals surface area contributed by atoms with Crippen LogP contribution < -0.4 is 0 Å². The van der Waals surface area contributed by atoms with Gasteiger partial charge in [-0.2, -0.15) is 5.10 Å². The summed E-state index contributed by atoms with van der Waals surface area (Å²) in [7, 11) is 0. The van der Waals surface area contributed by atoms with E-state index in [1.54, 1.807) is 12.1 Å². The normalized spacial score (nSPS) is 11.5. The Hall–Kier alpha value is -3.75. The first-order valence-corrected chi connectivity index (χ1v) is 7.80.